The van der Waals surface area contributed by atoms with Gasteiger partial charge in [0.25, 0.3) is 0 Å². The van der Waals surface area contributed by atoms with Gasteiger partial charge in [-0.2, -0.15) is 0 Å². The summed E-state index contributed by atoms with van der Waals surface area (Å²) in [6, 6.07) is 7.42. The zero-order valence-electron chi connectivity index (χ0n) is 8.98. The molecule has 0 aliphatic heterocycles. The summed E-state index contributed by atoms with van der Waals surface area (Å²) >= 11 is 0. The van der Waals surface area contributed by atoms with Crippen LogP contribution in [0.25, 0.3) is 0 Å². The first kappa shape index (κ1) is 12.2. The van der Waals surface area contributed by atoms with E-state index < -0.39 is 23.3 Å². The third-order valence-corrected chi connectivity index (χ3v) is 2.24. The molecular weight excluding hydrogens is 244 g/mol. The summed E-state index contributed by atoms with van der Waals surface area (Å²) in [5, 5.41) is 0. The van der Waals surface area contributed by atoms with Crippen LogP contribution in [0.2, 0.25) is 0 Å². The number of halogens is 4. The second kappa shape index (κ2) is 4.92. The van der Waals surface area contributed by atoms with E-state index in [1.807, 2.05) is 0 Å². The average molecular weight is 250 g/mol. The van der Waals surface area contributed by atoms with Crippen molar-refractivity contribution in [1.82, 2.24) is 0 Å². The van der Waals surface area contributed by atoms with Gasteiger partial charge in [-0.3, -0.25) is 0 Å². The Morgan fingerprint density at radius 3 is 2.00 bits per heavy atom. The topological polar surface area (TPSA) is 0 Å². The maximum absolute atomic E-state index is 13.3. The lowest BCUT2D eigenvalue weighted by molar-refractivity contribution is 0.446. The van der Waals surface area contributed by atoms with Crippen molar-refractivity contribution >= 4 is 0 Å². The van der Waals surface area contributed by atoms with Crippen LogP contribution >= 0.6 is 0 Å². The Balaban J connectivity index is 2.43. The highest BCUT2D eigenvalue weighted by atomic mass is 19.2. The summed E-state index contributed by atoms with van der Waals surface area (Å²) in [6.07, 6.45) is 0. The Kier molecular flexibility index (Phi) is 3.33. The zero-order chi connectivity index (χ0) is 13.1. The predicted octanol–water partition coefficient (Wildman–Crippen LogP) is 3.64. The van der Waals surface area contributed by atoms with Crippen molar-refractivity contribution in [3.05, 3.63) is 70.8 Å². The number of rotatable bonds is 0. The van der Waals surface area contributed by atoms with Crippen LogP contribution in [-0.4, -0.2) is 0 Å². The van der Waals surface area contributed by atoms with Crippen molar-refractivity contribution in [3.8, 4) is 11.8 Å². The van der Waals surface area contributed by atoms with Gasteiger partial charge >= 0.3 is 0 Å². The smallest absolute Gasteiger partial charge is 0.195 e. The molecule has 0 amide bonds. The Morgan fingerprint density at radius 2 is 1.28 bits per heavy atom. The van der Waals surface area contributed by atoms with E-state index >= 15 is 0 Å². The lowest BCUT2D eigenvalue weighted by Gasteiger charge is -1.97. The van der Waals surface area contributed by atoms with E-state index in [0.29, 0.717) is 0 Å². The van der Waals surface area contributed by atoms with Crippen molar-refractivity contribution in [1.29, 1.82) is 0 Å². The molecule has 0 heterocycles. The maximum Gasteiger partial charge on any atom is 0.195 e. The first-order valence-electron chi connectivity index (χ1n) is 4.99. The molecule has 0 aliphatic carbocycles. The molecular formula is C14H6F4. The summed E-state index contributed by atoms with van der Waals surface area (Å²) in [5.41, 5.74) is -0.265. The first-order valence-corrected chi connectivity index (χ1v) is 4.99. The van der Waals surface area contributed by atoms with E-state index in [1.165, 1.54) is 18.2 Å². The van der Waals surface area contributed by atoms with Crippen LogP contribution in [0.15, 0.2) is 36.4 Å². The fourth-order valence-electron chi connectivity index (χ4n) is 1.32. The summed E-state index contributed by atoms with van der Waals surface area (Å²) in [5.74, 6) is -0.185. The molecule has 0 spiro atoms. The molecule has 0 N–H and O–H groups in total. The fourth-order valence-corrected chi connectivity index (χ4v) is 1.32. The summed E-state index contributed by atoms with van der Waals surface area (Å²) in [7, 11) is 0. The molecule has 2 aromatic rings. The van der Waals surface area contributed by atoms with E-state index in [9.17, 15) is 17.6 Å². The number of hydrogen-bond acceptors (Lipinski definition) is 0. The third kappa shape index (κ3) is 2.35. The molecule has 90 valence electrons. The Hall–Kier alpha value is -2.28. The van der Waals surface area contributed by atoms with Crippen LogP contribution in [0, 0.1) is 35.1 Å². The van der Waals surface area contributed by atoms with Crippen LogP contribution < -0.4 is 0 Å². The van der Waals surface area contributed by atoms with Crippen LogP contribution in [0.3, 0.4) is 0 Å². The Morgan fingerprint density at radius 1 is 0.611 bits per heavy atom. The SMILES string of the molecule is Fc1ccccc1C#Cc1ccc(F)c(F)c1F. The summed E-state index contributed by atoms with van der Waals surface area (Å²) in [4.78, 5) is 0. The molecule has 18 heavy (non-hydrogen) atoms. The molecule has 0 aliphatic rings. The lowest BCUT2D eigenvalue weighted by atomic mass is 10.1. The fraction of sp³-hybridized carbons (Fsp3) is 0. The molecule has 0 fully saturated rings. The van der Waals surface area contributed by atoms with E-state index in [-0.39, 0.29) is 11.1 Å². The third-order valence-electron chi connectivity index (χ3n) is 2.24. The first-order chi connectivity index (χ1) is 8.59. The highest BCUT2D eigenvalue weighted by Crippen LogP contribution is 2.14. The monoisotopic (exact) mass is 250 g/mol. The van der Waals surface area contributed by atoms with Crippen LogP contribution in [0.1, 0.15) is 11.1 Å². The number of hydrogen-bond donors (Lipinski definition) is 0. The van der Waals surface area contributed by atoms with Crippen LogP contribution in [0.5, 0.6) is 0 Å². The van der Waals surface area contributed by atoms with E-state index in [1.54, 1.807) is 6.07 Å². The Labute approximate surface area is 101 Å². The highest BCUT2D eigenvalue weighted by molar-refractivity contribution is 5.44. The van der Waals surface area contributed by atoms with Gasteiger partial charge in [-0.25, -0.2) is 17.6 Å². The molecule has 4 heteroatoms. The van der Waals surface area contributed by atoms with Crippen molar-refractivity contribution in [3.63, 3.8) is 0 Å². The van der Waals surface area contributed by atoms with Crippen molar-refractivity contribution in [2.75, 3.05) is 0 Å². The molecule has 0 nitrogen and oxygen atoms in total. The van der Waals surface area contributed by atoms with E-state index in [2.05, 4.69) is 11.8 Å². The van der Waals surface area contributed by atoms with E-state index in [4.69, 9.17) is 0 Å². The van der Waals surface area contributed by atoms with Gasteiger partial charge in [0, 0.05) is 0 Å². The van der Waals surface area contributed by atoms with Crippen molar-refractivity contribution in [2.45, 2.75) is 0 Å². The molecule has 2 rings (SSSR count). The van der Waals surface area contributed by atoms with Gasteiger partial charge in [0.2, 0.25) is 0 Å². The Bertz CT molecular complexity index is 651. The molecule has 0 saturated carbocycles. The quantitative estimate of drug-likeness (QED) is 0.380. The minimum Gasteiger partial charge on any atom is -0.206 e. The van der Waals surface area contributed by atoms with E-state index in [0.717, 1.165) is 12.1 Å². The normalized spacial score (nSPS) is 9.78. The van der Waals surface area contributed by atoms with Gasteiger partial charge in [0.1, 0.15) is 5.82 Å². The molecule has 0 unspecified atom stereocenters. The predicted molar refractivity (Wildman–Crippen MR) is 58.7 cm³/mol. The van der Waals surface area contributed by atoms with Gasteiger partial charge in [0.15, 0.2) is 17.5 Å². The van der Waals surface area contributed by atoms with Gasteiger partial charge in [-0.05, 0) is 24.3 Å². The number of benzene rings is 2. The minimum absolute atomic E-state index is 0.0571. The zero-order valence-corrected chi connectivity index (χ0v) is 8.98. The van der Waals surface area contributed by atoms with Crippen molar-refractivity contribution < 1.29 is 17.6 Å². The molecule has 0 saturated heterocycles. The second-order valence-electron chi connectivity index (χ2n) is 3.45. The van der Waals surface area contributed by atoms with Gasteiger partial charge < -0.3 is 0 Å². The second-order valence-corrected chi connectivity index (χ2v) is 3.45. The summed E-state index contributed by atoms with van der Waals surface area (Å²) in [6.45, 7) is 0. The van der Waals surface area contributed by atoms with Crippen LogP contribution in [-0.2, 0) is 0 Å². The largest absolute Gasteiger partial charge is 0.206 e. The minimum atomic E-state index is -1.59. The van der Waals surface area contributed by atoms with Gasteiger partial charge in [-0.1, -0.05) is 24.0 Å². The van der Waals surface area contributed by atoms with Crippen LogP contribution in [0.4, 0.5) is 17.6 Å². The highest BCUT2D eigenvalue weighted by Gasteiger charge is 2.11. The van der Waals surface area contributed by atoms with Gasteiger partial charge in [0.05, 0.1) is 11.1 Å². The summed E-state index contributed by atoms with van der Waals surface area (Å²) < 4.78 is 52.0. The molecule has 0 aromatic heterocycles. The lowest BCUT2D eigenvalue weighted by Crippen LogP contribution is -1.94. The molecule has 0 atom stereocenters. The van der Waals surface area contributed by atoms with Crippen molar-refractivity contribution in [2.24, 2.45) is 0 Å². The molecule has 2 aromatic carbocycles. The van der Waals surface area contributed by atoms with Gasteiger partial charge in [-0.15, -0.1) is 0 Å². The average Bonchev–Trinajstić information content (AvgIpc) is 2.37. The molecule has 0 radical (unpaired) electrons. The molecule has 0 bridgehead atoms. The maximum atomic E-state index is 13.3. The standard InChI is InChI=1S/C14H6F4/c15-11-4-2-1-3-9(11)5-6-10-7-8-12(16)14(18)13(10)17/h1-4,7-8H.